The number of hydrogen-bond donors (Lipinski definition) is 0. The highest BCUT2D eigenvalue weighted by Gasteiger charge is 2.14. The Hall–Kier alpha value is -1.06. The van der Waals surface area contributed by atoms with Crippen LogP contribution in [0.1, 0.15) is 91.4 Å². The van der Waals surface area contributed by atoms with Gasteiger partial charge in [0.1, 0.15) is 0 Å². The molecule has 0 aromatic heterocycles. The van der Waals surface area contributed by atoms with Crippen LogP contribution >= 0.6 is 0 Å². The fourth-order valence-electron chi connectivity index (χ4n) is 2.31. The van der Waals surface area contributed by atoms with E-state index in [1.165, 1.54) is 65.2 Å². The Morgan fingerprint density at radius 3 is 1.48 bits per heavy atom. The third-order valence-corrected chi connectivity index (χ3v) is 3.39. The van der Waals surface area contributed by atoms with E-state index in [9.17, 15) is 9.59 Å². The molecule has 0 radical (unpaired) electrons. The van der Waals surface area contributed by atoms with Crippen LogP contribution in [0.2, 0.25) is 0 Å². The lowest BCUT2D eigenvalue weighted by atomic mass is 10.1. The molecule has 0 fully saturated rings. The van der Waals surface area contributed by atoms with Crippen molar-refractivity contribution in [3.8, 4) is 0 Å². The number of rotatable bonds is 13. The van der Waals surface area contributed by atoms with Gasteiger partial charge in [-0.1, -0.05) is 64.7 Å². The summed E-state index contributed by atoms with van der Waals surface area (Å²) in [6, 6.07) is 0. The molecule has 0 saturated heterocycles. The third kappa shape index (κ3) is 15.2. The second-order valence-corrected chi connectivity index (χ2v) is 5.62. The molecule has 4 heteroatoms. The Labute approximate surface area is 129 Å². The van der Waals surface area contributed by atoms with Crippen LogP contribution in [0, 0.1) is 0 Å². The number of carbonyl (C=O) groups is 2. The van der Waals surface area contributed by atoms with Crippen LogP contribution < -0.4 is 0 Å². The number of esters is 2. The van der Waals surface area contributed by atoms with Crippen molar-refractivity contribution in [2.24, 2.45) is 0 Å². The summed E-state index contributed by atoms with van der Waals surface area (Å²) in [5.41, 5.74) is 0. The summed E-state index contributed by atoms with van der Waals surface area (Å²) in [6.07, 6.45) is 12.4. The molecule has 0 atom stereocenters. The van der Waals surface area contributed by atoms with Crippen LogP contribution in [0.5, 0.6) is 0 Å². The molecule has 0 bridgehead atoms. The molecule has 0 aliphatic carbocycles. The second kappa shape index (κ2) is 13.9. The summed E-state index contributed by atoms with van der Waals surface area (Å²) < 4.78 is 9.92. The zero-order chi connectivity index (χ0) is 15.9. The lowest BCUT2D eigenvalue weighted by molar-refractivity contribution is -0.185. The minimum atomic E-state index is -0.714. The van der Waals surface area contributed by atoms with Gasteiger partial charge in [0, 0.05) is 20.3 Å². The topological polar surface area (TPSA) is 52.6 Å². The molecule has 0 aliphatic heterocycles. The zero-order valence-electron chi connectivity index (χ0n) is 14.0. The molecule has 124 valence electrons. The first-order chi connectivity index (χ1) is 10.1. The predicted molar refractivity (Wildman–Crippen MR) is 83.8 cm³/mol. The normalized spacial score (nSPS) is 10.7. The van der Waals surface area contributed by atoms with E-state index >= 15 is 0 Å². The molecule has 0 heterocycles. The molecule has 0 aliphatic rings. The van der Waals surface area contributed by atoms with E-state index in [0.29, 0.717) is 6.42 Å². The van der Waals surface area contributed by atoms with Gasteiger partial charge < -0.3 is 9.47 Å². The minimum absolute atomic E-state index is 0.409. The Kier molecular flexibility index (Phi) is 13.2. The number of hydrogen-bond acceptors (Lipinski definition) is 4. The molecular weight excluding hydrogens is 268 g/mol. The van der Waals surface area contributed by atoms with Crippen molar-refractivity contribution in [2.75, 3.05) is 0 Å². The first kappa shape index (κ1) is 19.9. The molecule has 0 saturated carbocycles. The third-order valence-electron chi connectivity index (χ3n) is 3.39. The fraction of sp³-hybridized carbons (Fsp3) is 0.882. The molecule has 0 spiro atoms. The quantitative estimate of drug-likeness (QED) is 0.280. The van der Waals surface area contributed by atoms with Crippen LogP contribution in [0.15, 0.2) is 0 Å². The van der Waals surface area contributed by atoms with Crippen molar-refractivity contribution < 1.29 is 19.1 Å². The van der Waals surface area contributed by atoms with Crippen LogP contribution in [0.25, 0.3) is 0 Å². The summed E-state index contributed by atoms with van der Waals surface area (Å²) in [5, 5.41) is 0. The monoisotopic (exact) mass is 300 g/mol. The average molecular weight is 300 g/mol. The van der Waals surface area contributed by atoms with Crippen molar-refractivity contribution >= 4 is 11.9 Å². The van der Waals surface area contributed by atoms with E-state index in [-0.39, 0.29) is 0 Å². The van der Waals surface area contributed by atoms with Gasteiger partial charge in [0.2, 0.25) is 6.29 Å². The van der Waals surface area contributed by atoms with E-state index in [1.54, 1.807) is 0 Å². The number of unbranched alkanes of at least 4 members (excludes halogenated alkanes) is 9. The van der Waals surface area contributed by atoms with Crippen molar-refractivity contribution in [3.05, 3.63) is 0 Å². The fourth-order valence-corrected chi connectivity index (χ4v) is 2.31. The highest BCUT2D eigenvalue weighted by atomic mass is 16.7. The Balaban J connectivity index is 3.48. The standard InChI is InChI=1S/C17H32O4/c1-4-5-6-7-8-9-10-11-12-13-14-17(20-15(2)18)21-16(3)19/h17H,4-14H2,1-3H3. The Morgan fingerprint density at radius 1 is 0.714 bits per heavy atom. The Morgan fingerprint density at radius 2 is 1.10 bits per heavy atom. The average Bonchev–Trinajstić information content (AvgIpc) is 2.39. The van der Waals surface area contributed by atoms with Gasteiger partial charge in [0.25, 0.3) is 0 Å². The van der Waals surface area contributed by atoms with E-state index in [2.05, 4.69) is 6.92 Å². The number of ether oxygens (including phenoxy) is 2. The minimum Gasteiger partial charge on any atom is -0.425 e. The SMILES string of the molecule is CCCCCCCCCCCCC(OC(C)=O)OC(C)=O. The van der Waals surface area contributed by atoms with Gasteiger partial charge in [-0.15, -0.1) is 0 Å². The number of carbonyl (C=O) groups excluding carboxylic acids is 2. The first-order valence-electron chi connectivity index (χ1n) is 8.40. The molecule has 0 aromatic carbocycles. The maximum absolute atomic E-state index is 10.9. The highest BCUT2D eigenvalue weighted by Crippen LogP contribution is 2.13. The van der Waals surface area contributed by atoms with Crippen LogP contribution in [0.4, 0.5) is 0 Å². The Bertz CT molecular complexity index is 260. The molecular formula is C17H32O4. The molecule has 21 heavy (non-hydrogen) atoms. The van der Waals surface area contributed by atoms with Crippen molar-refractivity contribution in [2.45, 2.75) is 97.7 Å². The van der Waals surface area contributed by atoms with E-state index < -0.39 is 18.2 Å². The van der Waals surface area contributed by atoms with Crippen molar-refractivity contribution in [1.29, 1.82) is 0 Å². The first-order valence-corrected chi connectivity index (χ1v) is 8.40. The lowest BCUT2D eigenvalue weighted by Gasteiger charge is -2.16. The second-order valence-electron chi connectivity index (χ2n) is 5.62. The summed E-state index contributed by atoms with van der Waals surface area (Å²) in [5.74, 6) is -0.818. The van der Waals surface area contributed by atoms with Gasteiger partial charge in [-0.2, -0.15) is 0 Å². The van der Waals surface area contributed by atoms with E-state index in [4.69, 9.17) is 9.47 Å². The van der Waals surface area contributed by atoms with Gasteiger partial charge in [-0.3, -0.25) is 9.59 Å². The summed E-state index contributed by atoms with van der Waals surface area (Å²) in [7, 11) is 0. The summed E-state index contributed by atoms with van der Waals surface area (Å²) in [4.78, 5) is 21.8. The lowest BCUT2D eigenvalue weighted by Crippen LogP contribution is -2.22. The van der Waals surface area contributed by atoms with E-state index in [0.717, 1.165) is 12.8 Å². The van der Waals surface area contributed by atoms with Gasteiger partial charge in [0.15, 0.2) is 0 Å². The van der Waals surface area contributed by atoms with Gasteiger partial charge >= 0.3 is 11.9 Å². The van der Waals surface area contributed by atoms with Gasteiger partial charge in [-0.05, 0) is 6.42 Å². The molecule has 0 rings (SSSR count). The van der Waals surface area contributed by atoms with Crippen LogP contribution in [-0.4, -0.2) is 18.2 Å². The molecule has 4 nitrogen and oxygen atoms in total. The largest absolute Gasteiger partial charge is 0.425 e. The van der Waals surface area contributed by atoms with Gasteiger partial charge in [-0.25, -0.2) is 0 Å². The predicted octanol–water partition coefficient (Wildman–Crippen LogP) is 4.75. The smallest absolute Gasteiger partial charge is 0.305 e. The van der Waals surface area contributed by atoms with E-state index in [1.807, 2.05) is 0 Å². The van der Waals surface area contributed by atoms with Crippen LogP contribution in [0.3, 0.4) is 0 Å². The maximum atomic E-state index is 10.9. The molecule has 0 aromatic rings. The van der Waals surface area contributed by atoms with Crippen molar-refractivity contribution in [1.82, 2.24) is 0 Å². The zero-order valence-corrected chi connectivity index (χ0v) is 14.0. The summed E-state index contributed by atoms with van der Waals surface area (Å²) in [6.45, 7) is 4.89. The molecule has 0 unspecified atom stereocenters. The van der Waals surface area contributed by atoms with Crippen LogP contribution in [-0.2, 0) is 19.1 Å². The maximum Gasteiger partial charge on any atom is 0.305 e. The van der Waals surface area contributed by atoms with Crippen molar-refractivity contribution in [3.63, 3.8) is 0 Å². The van der Waals surface area contributed by atoms with Gasteiger partial charge in [0.05, 0.1) is 0 Å². The summed E-state index contributed by atoms with van der Waals surface area (Å²) >= 11 is 0. The molecule has 0 amide bonds. The molecule has 0 N–H and O–H groups in total. The highest BCUT2D eigenvalue weighted by molar-refractivity contribution is 5.68.